The summed E-state index contributed by atoms with van der Waals surface area (Å²) in [5, 5.41) is 0. The topological polar surface area (TPSA) is 72.9 Å². The Kier molecular flexibility index (Phi) is 2.02. The lowest BCUT2D eigenvalue weighted by Gasteiger charge is -2.24. The van der Waals surface area contributed by atoms with Crippen molar-refractivity contribution in [3.05, 3.63) is 0 Å². The minimum atomic E-state index is -4.39. The molecule has 15 heavy (non-hydrogen) atoms. The molecule has 7 heteroatoms. The number of carbonyl (C=O) groups is 1. The molecule has 0 N–H and O–H groups in total. The van der Waals surface area contributed by atoms with Gasteiger partial charge in [0.1, 0.15) is 5.60 Å². The third-order valence-corrected chi connectivity index (χ3v) is 2.79. The molecule has 6 nitrogen and oxygen atoms in total. The Labute approximate surface area is 93.6 Å². The third-order valence-electron chi connectivity index (χ3n) is 1.47. The molecule has 0 aliphatic carbocycles. The van der Waals surface area contributed by atoms with Crippen molar-refractivity contribution < 1.29 is 26.2 Å². The monoisotopic (exact) mass is 240 g/mol. The summed E-state index contributed by atoms with van der Waals surface area (Å²) < 4.78 is 54.0. The standard InChI is InChI=1S/C8H15NO5S/c1-6-5-13-15(11,12)9(6)7(10)14-8(2,3)4/h6H,5H2,1-4H3/i1D3. The van der Waals surface area contributed by atoms with E-state index in [1.807, 2.05) is 0 Å². The molecule has 1 rings (SSSR count). The summed E-state index contributed by atoms with van der Waals surface area (Å²) in [4.78, 5) is 11.7. The van der Waals surface area contributed by atoms with Crippen LogP contribution in [-0.4, -0.2) is 37.1 Å². The second kappa shape index (κ2) is 3.64. The Bertz CT molecular complexity index is 439. The van der Waals surface area contributed by atoms with Gasteiger partial charge in [0.25, 0.3) is 0 Å². The second-order valence-electron chi connectivity index (χ2n) is 4.03. The molecule has 0 aromatic heterocycles. The number of carbonyl (C=O) groups excluding carboxylic acids is 1. The molecule has 0 spiro atoms. The Balaban J connectivity index is 3.04. The van der Waals surface area contributed by atoms with Crippen LogP contribution in [0.1, 0.15) is 31.7 Å². The molecule has 1 unspecified atom stereocenters. The van der Waals surface area contributed by atoms with Gasteiger partial charge in [-0.3, -0.25) is 4.18 Å². The average molecular weight is 240 g/mol. The first-order chi connectivity index (χ1) is 7.84. The zero-order chi connectivity index (χ0) is 14.4. The highest BCUT2D eigenvalue weighted by atomic mass is 32.2. The lowest BCUT2D eigenvalue weighted by molar-refractivity contribution is 0.0366. The highest BCUT2D eigenvalue weighted by Crippen LogP contribution is 2.21. The van der Waals surface area contributed by atoms with Crippen LogP contribution in [0.25, 0.3) is 0 Å². The van der Waals surface area contributed by atoms with Crippen molar-refractivity contribution in [2.24, 2.45) is 0 Å². The second-order valence-corrected chi connectivity index (χ2v) is 5.52. The van der Waals surface area contributed by atoms with Gasteiger partial charge in [-0.15, -0.1) is 0 Å². The molecule has 1 saturated heterocycles. The van der Waals surface area contributed by atoms with Crippen LogP contribution >= 0.6 is 0 Å². The van der Waals surface area contributed by atoms with Gasteiger partial charge >= 0.3 is 16.4 Å². The molecule has 88 valence electrons. The van der Waals surface area contributed by atoms with E-state index in [4.69, 9.17) is 8.85 Å². The number of nitrogens with zero attached hydrogens (tertiary/aromatic N) is 1. The zero-order valence-corrected chi connectivity index (χ0v) is 9.50. The van der Waals surface area contributed by atoms with Crippen molar-refractivity contribution in [1.82, 2.24) is 4.31 Å². The van der Waals surface area contributed by atoms with Crippen LogP contribution in [0.3, 0.4) is 0 Å². The van der Waals surface area contributed by atoms with Crippen LogP contribution < -0.4 is 0 Å². The van der Waals surface area contributed by atoms with E-state index in [0.29, 0.717) is 0 Å². The molecule has 0 aromatic carbocycles. The molecule has 1 fully saturated rings. The van der Waals surface area contributed by atoms with Gasteiger partial charge in [0.2, 0.25) is 0 Å². The minimum Gasteiger partial charge on any atom is -0.443 e. The molecule has 1 amide bonds. The summed E-state index contributed by atoms with van der Waals surface area (Å²) in [5.74, 6) is 0. The van der Waals surface area contributed by atoms with E-state index in [0.717, 1.165) is 0 Å². The van der Waals surface area contributed by atoms with E-state index < -0.39 is 41.5 Å². The molecule has 0 radical (unpaired) electrons. The van der Waals surface area contributed by atoms with Crippen molar-refractivity contribution in [1.29, 1.82) is 0 Å². The number of hydrogen-bond acceptors (Lipinski definition) is 5. The van der Waals surface area contributed by atoms with Crippen LogP contribution in [0.15, 0.2) is 0 Å². The summed E-state index contributed by atoms with van der Waals surface area (Å²) in [6.45, 7) is 1.36. The summed E-state index contributed by atoms with van der Waals surface area (Å²) in [6.07, 6.45) is -1.25. The van der Waals surface area contributed by atoms with E-state index in [2.05, 4.69) is 4.18 Å². The van der Waals surface area contributed by atoms with Gasteiger partial charge < -0.3 is 4.74 Å². The molecular formula is C8H15NO5S. The maximum Gasteiger partial charge on any atom is 0.426 e. The molecule has 1 aliphatic heterocycles. The van der Waals surface area contributed by atoms with Gasteiger partial charge in [0, 0.05) is 4.11 Å². The fourth-order valence-electron chi connectivity index (χ4n) is 0.956. The number of rotatable bonds is 0. The SMILES string of the molecule is [2H]C([2H])([2H])C1COS(=O)(=O)N1C(=O)OC(C)(C)C. The predicted molar refractivity (Wildman–Crippen MR) is 52.4 cm³/mol. The van der Waals surface area contributed by atoms with Crippen LogP contribution in [0.5, 0.6) is 0 Å². The normalized spacial score (nSPS) is 29.1. The maximum atomic E-state index is 11.7. The van der Waals surface area contributed by atoms with Crippen LogP contribution in [0, 0.1) is 0 Å². The largest absolute Gasteiger partial charge is 0.443 e. The van der Waals surface area contributed by atoms with Crippen LogP contribution in [0.2, 0.25) is 0 Å². The van der Waals surface area contributed by atoms with Crippen LogP contribution in [-0.2, 0) is 19.2 Å². The quantitative estimate of drug-likeness (QED) is 0.628. The summed E-state index contributed by atoms with van der Waals surface area (Å²) in [5.41, 5.74) is -0.936. The molecule has 1 aliphatic rings. The van der Waals surface area contributed by atoms with E-state index in [1.165, 1.54) is 0 Å². The predicted octanol–water partition coefficient (Wildman–Crippen LogP) is 0.887. The Morgan fingerprint density at radius 1 is 1.60 bits per heavy atom. The highest BCUT2D eigenvalue weighted by molar-refractivity contribution is 7.85. The highest BCUT2D eigenvalue weighted by Gasteiger charge is 2.42. The van der Waals surface area contributed by atoms with Gasteiger partial charge in [-0.2, -0.15) is 12.7 Å². The van der Waals surface area contributed by atoms with E-state index >= 15 is 0 Å². The Morgan fingerprint density at radius 2 is 2.20 bits per heavy atom. The molecule has 0 bridgehead atoms. The summed E-state index contributed by atoms with van der Waals surface area (Å²) in [7, 11) is -4.39. The molecule has 1 atom stereocenters. The first-order valence-electron chi connectivity index (χ1n) is 5.76. The molecule has 1 heterocycles. The maximum absolute atomic E-state index is 11.7. The van der Waals surface area contributed by atoms with Gasteiger partial charge in [-0.25, -0.2) is 4.79 Å². The van der Waals surface area contributed by atoms with Crippen molar-refractivity contribution >= 4 is 16.4 Å². The first-order valence-corrected chi connectivity index (χ1v) is 5.63. The fraction of sp³-hybridized carbons (Fsp3) is 0.875. The molecule has 0 saturated carbocycles. The Hall–Kier alpha value is -0.820. The molecule has 0 aromatic rings. The van der Waals surface area contributed by atoms with Gasteiger partial charge in [-0.05, 0) is 27.6 Å². The fourth-order valence-corrected chi connectivity index (χ4v) is 1.96. The molecular weight excluding hydrogens is 222 g/mol. The van der Waals surface area contributed by atoms with Gasteiger partial charge in [0.15, 0.2) is 0 Å². The van der Waals surface area contributed by atoms with E-state index in [-0.39, 0.29) is 4.31 Å². The minimum absolute atomic E-state index is 0.144. The van der Waals surface area contributed by atoms with Gasteiger partial charge in [0.05, 0.1) is 12.6 Å². The van der Waals surface area contributed by atoms with Crippen molar-refractivity contribution in [3.63, 3.8) is 0 Å². The Morgan fingerprint density at radius 3 is 2.67 bits per heavy atom. The van der Waals surface area contributed by atoms with Crippen LogP contribution in [0.4, 0.5) is 4.79 Å². The van der Waals surface area contributed by atoms with E-state index in [1.54, 1.807) is 20.8 Å². The van der Waals surface area contributed by atoms with Gasteiger partial charge in [-0.1, -0.05) is 0 Å². The lowest BCUT2D eigenvalue weighted by Crippen LogP contribution is -2.41. The first kappa shape index (κ1) is 8.35. The zero-order valence-electron chi connectivity index (χ0n) is 11.7. The number of ether oxygens (including phenoxy) is 1. The van der Waals surface area contributed by atoms with E-state index in [9.17, 15) is 13.2 Å². The third kappa shape index (κ3) is 2.82. The smallest absolute Gasteiger partial charge is 0.426 e. The summed E-state index contributed by atoms with van der Waals surface area (Å²) in [6, 6.07) is -1.56. The average Bonchev–Trinajstić information content (AvgIpc) is 2.36. The lowest BCUT2D eigenvalue weighted by atomic mass is 10.2. The van der Waals surface area contributed by atoms with Crippen molar-refractivity contribution in [2.45, 2.75) is 39.3 Å². The number of amides is 1. The summed E-state index contributed by atoms with van der Waals surface area (Å²) >= 11 is 0. The van der Waals surface area contributed by atoms with Crippen molar-refractivity contribution in [3.8, 4) is 0 Å². The number of hydrogen-bond donors (Lipinski definition) is 0. The van der Waals surface area contributed by atoms with Crippen molar-refractivity contribution in [2.75, 3.05) is 6.61 Å².